The minimum atomic E-state index is -0.899. The molecule has 0 bridgehead atoms. The van der Waals surface area contributed by atoms with Crippen LogP contribution in [0.15, 0.2) is 0 Å². The standard InChI is InChI=1S/C15H26N2O4/c18-14(19)10-13-11-21-9-8-17(13)15(20)16-7-3-6-12-4-1-2-5-12/h12-13H,1-11H2,(H,16,20)(H,18,19). The summed E-state index contributed by atoms with van der Waals surface area (Å²) in [5.41, 5.74) is 0. The number of amides is 2. The van der Waals surface area contributed by atoms with Gasteiger partial charge in [0, 0.05) is 13.1 Å². The van der Waals surface area contributed by atoms with Crippen molar-refractivity contribution >= 4 is 12.0 Å². The fourth-order valence-electron chi connectivity index (χ4n) is 3.28. The maximum absolute atomic E-state index is 12.2. The Labute approximate surface area is 125 Å². The molecule has 6 nitrogen and oxygen atoms in total. The summed E-state index contributed by atoms with van der Waals surface area (Å²) in [5, 5.41) is 11.8. The number of carboxylic acids is 1. The average Bonchev–Trinajstić information content (AvgIpc) is 2.96. The number of carbonyl (C=O) groups excluding carboxylic acids is 1. The van der Waals surface area contributed by atoms with E-state index in [1.807, 2.05) is 0 Å². The van der Waals surface area contributed by atoms with Crippen LogP contribution in [0.3, 0.4) is 0 Å². The number of morpholine rings is 1. The van der Waals surface area contributed by atoms with Crippen LogP contribution in [0, 0.1) is 5.92 Å². The van der Waals surface area contributed by atoms with Gasteiger partial charge in [0.15, 0.2) is 0 Å². The number of ether oxygens (including phenoxy) is 1. The van der Waals surface area contributed by atoms with Gasteiger partial charge in [-0.2, -0.15) is 0 Å². The first-order valence-electron chi connectivity index (χ1n) is 8.01. The van der Waals surface area contributed by atoms with E-state index in [0.29, 0.717) is 26.3 Å². The van der Waals surface area contributed by atoms with Gasteiger partial charge in [-0.3, -0.25) is 4.79 Å². The van der Waals surface area contributed by atoms with Gasteiger partial charge < -0.3 is 20.1 Å². The molecule has 2 fully saturated rings. The second kappa shape index (κ2) is 8.22. The third-order valence-corrected chi connectivity index (χ3v) is 4.44. The molecule has 1 saturated carbocycles. The molecule has 120 valence electrons. The van der Waals surface area contributed by atoms with E-state index >= 15 is 0 Å². The number of carbonyl (C=O) groups is 2. The first-order valence-corrected chi connectivity index (χ1v) is 8.01. The SMILES string of the molecule is O=C(O)CC1COCCN1C(=O)NCCCC1CCCC1. The fourth-order valence-corrected chi connectivity index (χ4v) is 3.28. The van der Waals surface area contributed by atoms with Crippen LogP contribution >= 0.6 is 0 Å². The van der Waals surface area contributed by atoms with Crippen LogP contribution in [0.1, 0.15) is 44.9 Å². The van der Waals surface area contributed by atoms with Crippen molar-refractivity contribution in [3.63, 3.8) is 0 Å². The summed E-state index contributed by atoms with van der Waals surface area (Å²) in [4.78, 5) is 24.6. The molecule has 1 unspecified atom stereocenters. The zero-order valence-corrected chi connectivity index (χ0v) is 12.6. The summed E-state index contributed by atoms with van der Waals surface area (Å²) in [5.74, 6) is -0.0606. The molecular weight excluding hydrogens is 272 g/mol. The highest BCUT2D eigenvalue weighted by molar-refractivity contribution is 5.76. The minimum absolute atomic E-state index is 0.0600. The lowest BCUT2D eigenvalue weighted by molar-refractivity contribution is -0.139. The molecule has 0 aromatic carbocycles. The number of rotatable bonds is 6. The molecule has 1 saturated heterocycles. The van der Waals surface area contributed by atoms with E-state index < -0.39 is 5.97 Å². The molecule has 0 radical (unpaired) electrons. The van der Waals surface area contributed by atoms with Crippen LogP contribution in [0.25, 0.3) is 0 Å². The van der Waals surface area contributed by atoms with Gasteiger partial charge in [-0.15, -0.1) is 0 Å². The van der Waals surface area contributed by atoms with Crippen molar-refractivity contribution in [2.45, 2.75) is 51.0 Å². The first kappa shape index (κ1) is 16.1. The van der Waals surface area contributed by atoms with Crippen LogP contribution in [-0.4, -0.2) is 54.4 Å². The predicted molar refractivity (Wildman–Crippen MR) is 78.2 cm³/mol. The second-order valence-corrected chi connectivity index (χ2v) is 6.04. The molecule has 6 heteroatoms. The molecule has 0 aromatic rings. The summed E-state index contributed by atoms with van der Waals surface area (Å²) >= 11 is 0. The molecule has 2 amide bonds. The van der Waals surface area contributed by atoms with Gasteiger partial charge in [0.1, 0.15) is 0 Å². The lowest BCUT2D eigenvalue weighted by atomic mass is 10.0. The van der Waals surface area contributed by atoms with Crippen molar-refractivity contribution in [3.05, 3.63) is 0 Å². The average molecular weight is 298 g/mol. The molecule has 21 heavy (non-hydrogen) atoms. The Hall–Kier alpha value is -1.30. The van der Waals surface area contributed by atoms with Crippen molar-refractivity contribution in [3.8, 4) is 0 Å². The van der Waals surface area contributed by atoms with Crippen LogP contribution in [-0.2, 0) is 9.53 Å². The largest absolute Gasteiger partial charge is 0.481 e. The van der Waals surface area contributed by atoms with Gasteiger partial charge in [-0.05, 0) is 18.8 Å². The zero-order valence-electron chi connectivity index (χ0n) is 12.6. The maximum atomic E-state index is 12.2. The summed E-state index contributed by atoms with van der Waals surface area (Å²) in [6, 6.07) is -0.512. The van der Waals surface area contributed by atoms with Crippen LogP contribution in [0.4, 0.5) is 4.79 Å². The highest BCUT2D eigenvalue weighted by atomic mass is 16.5. The Morgan fingerprint density at radius 3 is 2.76 bits per heavy atom. The van der Waals surface area contributed by atoms with Gasteiger partial charge >= 0.3 is 12.0 Å². The minimum Gasteiger partial charge on any atom is -0.481 e. The first-order chi connectivity index (χ1) is 10.2. The third-order valence-electron chi connectivity index (χ3n) is 4.44. The Bertz CT molecular complexity index is 356. The van der Waals surface area contributed by atoms with E-state index in [1.54, 1.807) is 4.90 Å². The summed E-state index contributed by atoms with van der Waals surface area (Å²) in [7, 11) is 0. The Kier molecular flexibility index (Phi) is 6.29. The maximum Gasteiger partial charge on any atom is 0.317 e. The van der Waals surface area contributed by atoms with Crippen molar-refractivity contribution in [2.75, 3.05) is 26.3 Å². The molecule has 0 aromatic heterocycles. The normalized spacial score (nSPS) is 23.2. The van der Waals surface area contributed by atoms with Crippen molar-refractivity contribution in [1.82, 2.24) is 10.2 Å². The highest BCUT2D eigenvalue weighted by Gasteiger charge is 2.28. The molecule has 0 spiro atoms. The van der Waals surface area contributed by atoms with E-state index in [1.165, 1.54) is 32.1 Å². The smallest absolute Gasteiger partial charge is 0.317 e. The van der Waals surface area contributed by atoms with E-state index in [0.717, 1.165) is 12.3 Å². The molecular formula is C15H26N2O4. The van der Waals surface area contributed by atoms with Crippen molar-refractivity contribution in [1.29, 1.82) is 0 Å². The van der Waals surface area contributed by atoms with Crippen LogP contribution < -0.4 is 5.32 Å². The quantitative estimate of drug-likeness (QED) is 0.733. The molecule has 1 aliphatic heterocycles. The van der Waals surface area contributed by atoms with E-state index in [4.69, 9.17) is 9.84 Å². The van der Waals surface area contributed by atoms with Crippen LogP contribution in [0.5, 0.6) is 0 Å². The summed E-state index contributed by atoms with van der Waals surface area (Å²) in [6.07, 6.45) is 7.49. The number of hydrogen-bond donors (Lipinski definition) is 2. The van der Waals surface area contributed by atoms with Gasteiger partial charge in [0.05, 0.1) is 25.7 Å². The zero-order chi connectivity index (χ0) is 15.1. The van der Waals surface area contributed by atoms with Gasteiger partial charge in [0.25, 0.3) is 0 Å². The lowest BCUT2D eigenvalue weighted by Gasteiger charge is -2.34. The Balaban J connectivity index is 1.68. The van der Waals surface area contributed by atoms with E-state index in [2.05, 4.69) is 5.32 Å². The predicted octanol–water partition coefficient (Wildman–Crippen LogP) is 1.84. The number of hydrogen-bond acceptors (Lipinski definition) is 3. The topological polar surface area (TPSA) is 78.9 Å². The van der Waals surface area contributed by atoms with Crippen LogP contribution in [0.2, 0.25) is 0 Å². The summed E-state index contributed by atoms with van der Waals surface area (Å²) < 4.78 is 5.27. The molecule has 1 heterocycles. The van der Waals surface area contributed by atoms with E-state index in [9.17, 15) is 9.59 Å². The molecule has 1 aliphatic carbocycles. The molecule has 2 aliphatic rings. The summed E-state index contributed by atoms with van der Waals surface area (Å²) in [6.45, 7) is 1.92. The fraction of sp³-hybridized carbons (Fsp3) is 0.867. The number of urea groups is 1. The van der Waals surface area contributed by atoms with Gasteiger partial charge in [-0.25, -0.2) is 4.79 Å². The number of nitrogens with zero attached hydrogens (tertiary/aromatic N) is 1. The highest BCUT2D eigenvalue weighted by Crippen LogP contribution is 2.28. The monoisotopic (exact) mass is 298 g/mol. The molecule has 2 rings (SSSR count). The third kappa shape index (κ3) is 5.19. The Morgan fingerprint density at radius 2 is 2.05 bits per heavy atom. The van der Waals surface area contributed by atoms with Gasteiger partial charge in [-0.1, -0.05) is 25.7 Å². The number of aliphatic carboxylic acids is 1. The van der Waals surface area contributed by atoms with Crippen molar-refractivity contribution < 1.29 is 19.4 Å². The molecule has 2 N–H and O–H groups in total. The molecule has 1 atom stereocenters. The van der Waals surface area contributed by atoms with E-state index in [-0.39, 0.29) is 18.5 Å². The van der Waals surface area contributed by atoms with Crippen molar-refractivity contribution in [2.24, 2.45) is 5.92 Å². The number of nitrogens with one attached hydrogen (secondary N) is 1. The number of carboxylic acid groups (broad SMARTS) is 1. The van der Waals surface area contributed by atoms with Gasteiger partial charge in [0.2, 0.25) is 0 Å². The second-order valence-electron chi connectivity index (χ2n) is 6.04. The Morgan fingerprint density at radius 1 is 1.29 bits per heavy atom. The lowest BCUT2D eigenvalue weighted by Crippen LogP contribution is -2.53.